The smallest absolute Gasteiger partial charge is 0.122 e. The molecule has 0 saturated heterocycles. The number of aryl methyl sites for hydroxylation is 1. The predicted molar refractivity (Wildman–Crippen MR) is 79.4 cm³/mol. The first-order chi connectivity index (χ1) is 9.23. The van der Waals surface area contributed by atoms with E-state index in [1.54, 1.807) is 7.11 Å². The fraction of sp³-hybridized carbons (Fsp3) is 0.625. The Kier molecular flexibility index (Phi) is 4.83. The van der Waals surface area contributed by atoms with Crippen LogP contribution in [-0.2, 0) is 13.0 Å². The van der Waals surface area contributed by atoms with Gasteiger partial charge >= 0.3 is 0 Å². The Labute approximate surface area is 116 Å². The van der Waals surface area contributed by atoms with Crippen molar-refractivity contribution in [3.05, 3.63) is 29.3 Å². The van der Waals surface area contributed by atoms with Crippen LogP contribution in [-0.4, -0.2) is 20.2 Å². The molecule has 1 aromatic rings. The van der Waals surface area contributed by atoms with Crippen LogP contribution in [0.5, 0.6) is 5.75 Å². The number of nitrogens with two attached hydrogens (primary N) is 1. The molecule has 19 heavy (non-hydrogen) atoms. The molecule has 0 radical (unpaired) electrons. The van der Waals surface area contributed by atoms with Gasteiger partial charge in [-0.1, -0.05) is 25.5 Å². The zero-order chi connectivity index (χ0) is 13.7. The van der Waals surface area contributed by atoms with Crippen LogP contribution in [0.1, 0.15) is 37.3 Å². The molecule has 1 aliphatic rings. The quantitative estimate of drug-likeness (QED) is 0.793. The fourth-order valence-corrected chi connectivity index (χ4v) is 2.82. The van der Waals surface area contributed by atoms with Crippen LogP contribution in [0.15, 0.2) is 18.2 Å². The molecular weight excluding hydrogens is 236 g/mol. The van der Waals surface area contributed by atoms with E-state index in [9.17, 15) is 0 Å². The van der Waals surface area contributed by atoms with Gasteiger partial charge < -0.3 is 15.8 Å². The zero-order valence-corrected chi connectivity index (χ0v) is 12.2. The molecule has 0 heterocycles. The van der Waals surface area contributed by atoms with Gasteiger partial charge in [0.15, 0.2) is 0 Å². The molecule has 1 fully saturated rings. The molecule has 3 N–H and O–H groups in total. The third-order valence-electron chi connectivity index (χ3n) is 4.40. The lowest BCUT2D eigenvalue weighted by Gasteiger charge is -2.41. The van der Waals surface area contributed by atoms with Crippen molar-refractivity contribution in [1.29, 1.82) is 0 Å². The molecule has 0 amide bonds. The van der Waals surface area contributed by atoms with Crippen molar-refractivity contribution < 1.29 is 4.74 Å². The number of ether oxygens (including phenoxy) is 1. The van der Waals surface area contributed by atoms with Crippen LogP contribution in [0.25, 0.3) is 0 Å². The van der Waals surface area contributed by atoms with Gasteiger partial charge in [-0.05, 0) is 48.4 Å². The third kappa shape index (κ3) is 3.28. The largest absolute Gasteiger partial charge is 0.496 e. The van der Waals surface area contributed by atoms with E-state index in [1.807, 2.05) is 0 Å². The van der Waals surface area contributed by atoms with Crippen LogP contribution in [0, 0.1) is 5.41 Å². The summed E-state index contributed by atoms with van der Waals surface area (Å²) in [6, 6.07) is 6.44. The topological polar surface area (TPSA) is 47.3 Å². The minimum Gasteiger partial charge on any atom is -0.496 e. The van der Waals surface area contributed by atoms with Crippen molar-refractivity contribution in [2.75, 3.05) is 20.2 Å². The molecule has 1 saturated carbocycles. The minimum absolute atomic E-state index is 0.375. The zero-order valence-electron chi connectivity index (χ0n) is 12.2. The van der Waals surface area contributed by atoms with Gasteiger partial charge in [-0.25, -0.2) is 0 Å². The van der Waals surface area contributed by atoms with Crippen molar-refractivity contribution >= 4 is 0 Å². The molecule has 0 unspecified atom stereocenters. The van der Waals surface area contributed by atoms with Crippen molar-refractivity contribution in [1.82, 2.24) is 5.32 Å². The Morgan fingerprint density at radius 1 is 1.37 bits per heavy atom. The van der Waals surface area contributed by atoms with Crippen LogP contribution < -0.4 is 15.8 Å². The molecule has 0 aromatic heterocycles. The minimum atomic E-state index is 0.375. The lowest BCUT2D eigenvalue weighted by Crippen LogP contribution is -2.45. The summed E-state index contributed by atoms with van der Waals surface area (Å²) in [5.41, 5.74) is 8.85. The van der Waals surface area contributed by atoms with Gasteiger partial charge in [-0.3, -0.25) is 0 Å². The monoisotopic (exact) mass is 262 g/mol. The van der Waals surface area contributed by atoms with E-state index in [0.717, 1.165) is 31.8 Å². The Hall–Kier alpha value is -1.06. The van der Waals surface area contributed by atoms with E-state index >= 15 is 0 Å². The molecule has 3 nitrogen and oxygen atoms in total. The lowest BCUT2D eigenvalue weighted by molar-refractivity contribution is 0.141. The predicted octanol–water partition coefficient (Wildman–Crippen LogP) is 2.48. The van der Waals surface area contributed by atoms with Crippen LogP contribution in [0.4, 0.5) is 0 Å². The van der Waals surface area contributed by atoms with Crippen molar-refractivity contribution in [3.8, 4) is 5.75 Å². The molecule has 0 spiro atoms. The summed E-state index contributed by atoms with van der Waals surface area (Å²) >= 11 is 0. The van der Waals surface area contributed by atoms with E-state index in [4.69, 9.17) is 10.5 Å². The van der Waals surface area contributed by atoms with E-state index < -0.39 is 0 Å². The summed E-state index contributed by atoms with van der Waals surface area (Å²) in [6.45, 7) is 4.92. The van der Waals surface area contributed by atoms with Gasteiger partial charge in [0.2, 0.25) is 0 Å². The third-order valence-corrected chi connectivity index (χ3v) is 4.40. The van der Waals surface area contributed by atoms with Crippen LogP contribution in [0.3, 0.4) is 0 Å². The van der Waals surface area contributed by atoms with E-state index in [-0.39, 0.29) is 0 Å². The van der Waals surface area contributed by atoms with Crippen molar-refractivity contribution in [3.63, 3.8) is 0 Å². The highest BCUT2D eigenvalue weighted by atomic mass is 16.5. The van der Waals surface area contributed by atoms with Crippen LogP contribution >= 0.6 is 0 Å². The number of nitrogens with one attached hydrogen (secondary N) is 1. The second kappa shape index (κ2) is 6.40. The summed E-state index contributed by atoms with van der Waals surface area (Å²) < 4.78 is 5.36. The molecule has 0 atom stereocenters. The van der Waals surface area contributed by atoms with Gasteiger partial charge in [0.1, 0.15) is 5.75 Å². The lowest BCUT2D eigenvalue weighted by atomic mass is 9.69. The molecule has 2 rings (SSSR count). The Bertz CT molecular complexity index is 408. The maximum absolute atomic E-state index is 5.88. The number of rotatable bonds is 7. The average molecular weight is 262 g/mol. The van der Waals surface area contributed by atoms with Gasteiger partial charge in [0, 0.05) is 13.1 Å². The molecule has 1 aliphatic carbocycles. The highest BCUT2D eigenvalue weighted by molar-refractivity contribution is 5.37. The van der Waals surface area contributed by atoms with Crippen molar-refractivity contribution in [2.45, 2.75) is 39.2 Å². The molecular formula is C16H26N2O. The summed E-state index contributed by atoms with van der Waals surface area (Å²) in [5, 5.41) is 3.56. The Morgan fingerprint density at radius 2 is 2.16 bits per heavy atom. The fourth-order valence-electron chi connectivity index (χ4n) is 2.82. The van der Waals surface area contributed by atoms with E-state index in [0.29, 0.717) is 5.41 Å². The molecule has 3 heteroatoms. The Balaban J connectivity index is 1.89. The van der Waals surface area contributed by atoms with Gasteiger partial charge in [-0.15, -0.1) is 0 Å². The summed E-state index contributed by atoms with van der Waals surface area (Å²) in [6.07, 6.45) is 4.89. The maximum atomic E-state index is 5.88. The first-order valence-corrected chi connectivity index (χ1v) is 7.29. The van der Waals surface area contributed by atoms with Crippen LogP contribution in [0.2, 0.25) is 0 Å². The summed E-state index contributed by atoms with van der Waals surface area (Å²) in [5.74, 6) is 0.990. The first-order valence-electron chi connectivity index (χ1n) is 7.29. The standard InChI is InChI=1S/C16H26N2O/c1-3-14-9-13(5-6-15(14)19-2)10-18-12-16(11-17)7-4-8-16/h5-6,9,18H,3-4,7-8,10-12,17H2,1-2H3. The molecule has 1 aromatic carbocycles. The number of benzene rings is 1. The normalized spacial score (nSPS) is 17.0. The second-order valence-electron chi connectivity index (χ2n) is 5.66. The average Bonchev–Trinajstić information content (AvgIpc) is 2.41. The van der Waals surface area contributed by atoms with E-state index in [1.165, 1.54) is 30.4 Å². The highest BCUT2D eigenvalue weighted by Gasteiger charge is 2.34. The number of methoxy groups -OCH3 is 1. The summed E-state index contributed by atoms with van der Waals surface area (Å²) in [7, 11) is 1.73. The molecule has 106 valence electrons. The second-order valence-corrected chi connectivity index (χ2v) is 5.66. The maximum Gasteiger partial charge on any atom is 0.122 e. The van der Waals surface area contributed by atoms with Gasteiger partial charge in [0.25, 0.3) is 0 Å². The Morgan fingerprint density at radius 3 is 2.68 bits per heavy atom. The number of hydrogen-bond acceptors (Lipinski definition) is 3. The van der Waals surface area contributed by atoms with Gasteiger partial charge in [0.05, 0.1) is 7.11 Å². The molecule has 0 aliphatic heterocycles. The first kappa shape index (κ1) is 14.4. The SMILES string of the molecule is CCc1cc(CNCC2(CN)CCC2)ccc1OC. The summed E-state index contributed by atoms with van der Waals surface area (Å²) in [4.78, 5) is 0. The number of hydrogen-bond donors (Lipinski definition) is 2. The molecule has 0 bridgehead atoms. The highest BCUT2D eigenvalue weighted by Crippen LogP contribution is 2.39. The van der Waals surface area contributed by atoms with Gasteiger partial charge in [-0.2, -0.15) is 0 Å². The van der Waals surface area contributed by atoms with Crippen molar-refractivity contribution in [2.24, 2.45) is 11.1 Å². The van der Waals surface area contributed by atoms with E-state index in [2.05, 4.69) is 30.4 Å².